The van der Waals surface area contributed by atoms with Crippen molar-refractivity contribution in [2.45, 2.75) is 30.7 Å². The summed E-state index contributed by atoms with van der Waals surface area (Å²) in [6, 6.07) is 7.81. The average molecular weight is 506 g/mol. The van der Waals surface area contributed by atoms with Gasteiger partial charge in [-0.2, -0.15) is 0 Å². The highest BCUT2D eigenvalue weighted by Gasteiger charge is 2.45. The third-order valence-corrected chi connectivity index (χ3v) is 5.88. The SMILES string of the molecule is COc1ccc(-c2cc(=O)c3c(O)c(OC)c(OC)c(O[C@@H]4O[C@H](CO)[C@@H](O)[C@H](O)[C@@H]4O)c3o2)cc1. The van der Waals surface area contributed by atoms with Crippen molar-refractivity contribution in [3.8, 4) is 40.1 Å². The van der Waals surface area contributed by atoms with Crippen LogP contribution in [0.4, 0.5) is 0 Å². The molecule has 36 heavy (non-hydrogen) atoms. The number of benzene rings is 2. The molecule has 12 nitrogen and oxygen atoms in total. The third kappa shape index (κ3) is 4.29. The fourth-order valence-corrected chi connectivity index (χ4v) is 3.97. The molecule has 1 saturated heterocycles. The van der Waals surface area contributed by atoms with Crippen molar-refractivity contribution in [1.82, 2.24) is 0 Å². The molecule has 0 unspecified atom stereocenters. The topological polar surface area (TPSA) is 178 Å². The minimum absolute atomic E-state index is 0.112. The number of ether oxygens (including phenoxy) is 5. The molecule has 2 heterocycles. The molecule has 5 atom stereocenters. The Morgan fingerprint density at radius 3 is 2.14 bits per heavy atom. The van der Waals surface area contributed by atoms with Gasteiger partial charge in [-0.15, -0.1) is 0 Å². The molecule has 1 aliphatic heterocycles. The van der Waals surface area contributed by atoms with Crippen LogP contribution in [0.2, 0.25) is 0 Å². The maximum atomic E-state index is 13.1. The zero-order chi connectivity index (χ0) is 26.1. The first-order chi connectivity index (χ1) is 17.2. The highest BCUT2D eigenvalue weighted by atomic mass is 16.7. The molecule has 0 amide bonds. The molecular weight excluding hydrogens is 480 g/mol. The molecule has 4 rings (SSSR count). The lowest BCUT2D eigenvalue weighted by Gasteiger charge is -2.39. The Balaban J connectivity index is 1.92. The molecule has 3 aromatic rings. The van der Waals surface area contributed by atoms with Gasteiger partial charge in [0, 0.05) is 11.6 Å². The second-order valence-corrected chi connectivity index (χ2v) is 7.97. The smallest absolute Gasteiger partial charge is 0.229 e. The second kappa shape index (κ2) is 10.2. The van der Waals surface area contributed by atoms with Crippen LogP contribution in [0, 0.1) is 0 Å². The summed E-state index contributed by atoms with van der Waals surface area (Å²) in [5.74, 6) is -0.624. The average Bonchev–Trinajstić information content (AvgIpc) is 2.89. The number of aromatic hydroxyl groups is 1. The number of hydrogen-bond donors (Lipinski definition) is 5. The number of hydrogen-bond acceptors (Lipinski definition) is 12. The van der Waals surface area contributed by atoms with Gasteiger partial charge >= 0.3 is 0 Å². The summed E-state index contributed by atoms with van der Waals surface area (Å²) in [6.07, 6.45) is -8.00. The zero-order valence-corrected chi connectivity index (χ0v) is 19.6. The van der Waals surface area contributed by atoms with Crippen molar-refractivity contribution in [1.29, 1.82) is 0 Å². The fourth-order valence-electron chi connectivity index (χ4n) is 3.97. The summed E-state index contributed by atoms with van der Waals surface area (Å²) in [5, 5.41) is 50.7. The van der Waals surface area contributed by atoms with Crippen LogP contribution in [0.25, 0.3) is 22.3 Å². The molecule has 5 N–H and O–H groups in total. The number of rotatable bonds is 7. The van der Waals surface area contributed by atoms with Crippen LogP contribution in [0.5, 0.6) is 28.7 Å². The number of fused-ring (bicyclic) bond motifs is 1. The van der Waals surface area contributed by atoms with Gasteiger partial charge < -0.3 is 53.6 Å². The third-order valence-electron chi connectivity index (χ3n) is 5.88. The molecule has 12 heteroatoms. The molecule has 1 fully saturated rings. The Bertz CT molecular complexity index is 1280. The van der Waals surface area contributed by atoms with Crippen molar-refractivity contribution in [3.63, 3.8) is 0 Å². The first kappa shape index (κ1) is 25.5. The van der Waals surface area contributed by atoms with Crippen molar-refractivity contribution < 1.29 is 53.6 Å². The van der Waals surface area contributed by atoms with Gasteiger partial charge in [0.15, 0.2) is 16.8 Å². The lowest BCUT2D eigenvalue weighted by Crippen LogP contribution is -2.60. The van der Waals surface area contributed by atoms with Gasteiger partial charge in [0.25, 0.3) is 0 Å². The molecule has 0 aliphatic carbocycles. The second-order valence-electron chi connectivity index (χ2n) is 7.97. The van der Waals surface area contributed by atoms with Crippen molar-refractivity contribution in [3.05, 3.63) is 40.6 Å². The van der Waals surface area contributed by atoms with Crippen LogP contribution in [0.15, 0.2) is 39.5 Å². The summed E-state index contributed by atoms with van der Waals surface area (Å²) >= 11 is 0. The van der Waals surface area contributed by atoms with Gasteiger partial charge in [-0.05, 0) is 24.3 Å². The van der Waals surface area contributed by atoms with Crippen LogP contribution in [0.3, 0.4) is 0 Å². The van der Waals surface area contributed by atoms with Crippen LogP contribution < -0.4 is 24.4 Å². The molecular formula is C24H26O12. The van der Waals surface area contributed by atoms with Crippen LogP contribution in [-0.4, -0.2) is 84.2 Å². The van der Waals surface area contributed by atoms with E-state index in [1.54, 1.807) is 24.3 Å². The van der Waals surface area contributed by atoms with Crippen molar-refractivity contribution in [2.75, 3.05) is 27.9 Å². The van der Waals surface area contributed by atoms with E-state index in [0.717, 1.165) is 0 Å². The summed E-state index contributed by atoms with van der Waals surface area (Å²) in [4.78, 5) is 13.1. The summed E-state index contributed by atoms with van der Waals surface area (Å²) in [6.45, 7) is -0.682. The Hall–Kier alpha value is -3.55. The van der Waals surface area contributed by atoms with Gasteiger partial charge in [0.05, 0.1) is 27.9 Å². The van der Waals surface area contributed by atoms with E-state index in [0.29, 0.717) is 11.3 Å². The standard InChI is InChI=1S/C24H26O12/c1-31-11-6-4-10(5-7-11)13-8-12(26)15-17(28)21(32-2)22(33-3)23(20(15)34-13)36-24-19(30)18(29)16(27)14(9-25)35-24/h4-8,14,16,18-19,24-25,27-30H,9H2,1-3H3/t14-,16-,18+,19+,24+/m1/s1. The van der Waals surface area contributed by atoms with Gasteiger partial charge in [-0.25, -0.2) is 0 Å². The summed E-state index contributed by atoms with van der Waals surface area (Å²) in [5.41, 5.74) is -0.400. The monoisotopic (exact) mass is 506 g/mol. The molecule has 0 bridgehead atoms. The van der Waals surface area contributed by atoms with Gasteiger partial charge in [0.1, 0.15) is 41.3 Å². The predicted molar refractivity (Wildman–Crippen MR) is 124 cm³/mol. The van der Waals surface area contributed by atoms with Gasteiger partial charge in [-0.3, -0.25) is 4.79 Å². The molecule has 1 aromatic heterocycles. The molecule has 0 radical (unpaired) electrons. The molecule has 0 saturated carbocycles. The van der Waals surface area contributed by atoms with E-state index in [1.165, 1.54) is 27.4 Å². The van der Waals surface area contributed by atoms with Gasteiger partial charge in [-0.1, -0.05) is 0 Å². The number of phenols is 1. The lowest BCUT2D eigenvalue weighted by atomic mass is 9.99. The number of phenolic OH excluding ortho intramolecular Hbond substituents is 1. The predicted octanol–water partition coefficient (Wildman–Crippen LogP) is 0.370. The van der Waals surface area contributed by atoms with E-state index in [9.17, 15) is 30.3 Å². The highest BCUT2D eigenvalue weighted by molar-refractivity contribution is 5.95. The quantitative estimate of drug-likeness (QED) is 0.298. The number of aliphatic hydroxyl groups excluding tert-OH is 4. The van der Waals surface area contributed by atoms with E-state index in [4.69, 9.17) is 28.1 Å². The Kier molecular flexibility index (Phi) is 7.24. The van der Waals surface area contributed by atoms with Crippen molar-refractivity contribution >= 4 is 11.0 Å². The Labute approximate surface area is 204 Å². The minimum atomic E-state index is -1.76. The van der Waals surface area contributed by atoms with Crippen LogP contribution in [-0.2, 0) is 4.74 Å². The highest BCUT2D eigenvalue weighted by Crippen LogP contribution is 2.50. The molecule has 2 aromatic carbocycles. The minimum Gasteiger partial charge on any atom is -0.504 e. The number of methoxy groups -OCH3 is 3. The fraction of sp³-hybridized carbons (Fsp3) is 0.375. The Morgan fingerprint density at radius 2 is 1.56 bits per heavy atom. The molecule has 1 aliphatic rings. The van der Waals surface area contributed by atoms with Crippen LogP contribution >= 0.6 is 0 Å². The van der Waals surface area contributed by atoms with E-state index < -0.39 is 48.5 Å². The maximum absolute atomic E-state index is 13.1. The molecule has 0 spiro atoms. The maximum Gasteiger partial charge on any atom is 0.229 e. The van der Waals surface area contributed by atoms with Crippen LogP contribution in [0.1, 0.15) is 0 Å². The van der Waals surface area contributed by atoms with Gasteiger partial charge in [0.2, 0.25) is 23.5 Å². The Morgan fingerprint density at radius 1 is 0.889 bits per heavy atom. The zero-order valence-electron chi connectivity index (χ0n) is 19.6. The first-order valence-corrected chi connectivity index (χ1v) is 10.8. The largest absolute Gasteiger partial charge is 0.504 e. The van der Waals surface area contributed by atoms with E-state index in [-0.39, 0.29) is 34.0 Å². The normalized spacial score (nSPS) is 23.9. The molecule has 194 valence electrons. The first-order valence-electron chi connectivity index (χ1n) is 10.8. The van der Waals surface area contributed by atoms with E-state index in [2.05, 4.69) is 0 Å². The number of aliphatic hydroxyl groups is 4. The van der Waals surface area contributed by atoms with E-state index >= 15 is 0 Å². The van der Waals surface area contributed by atoms with Crippen molar-refractivity contribution in [2.24, 2.45) is 0 Å². The summed E-state index contributed by atoms with van der Waals surface area (Å²) < 4.78 is 33.0. The summed E-state index contributed by atoms with van der Waals surface area (Å²) in [7, 11) is 3.99. The van der Waals surface area contributed by atoms with E-state index in [1.807, 2.05) is 0 Å². The lowest BCUT2D eigenvalue weighted by molar-refractivity contribution is -0.277.